The molecule has 2 unspecified atom stereocenters. The van der Waals surface area contributed by atoms with Gasteiger partial charge >= 0.3 is 0 Å². The molecule has 1 aromatic carbocycles. The van der Waals surface area contributed by atoms with Gasteiger partial charge in [0.05, 0.1) is 0 Å². The van der Waals surface area contributed by atoms with Crippen molar-refractivity contribution in [3.63, 3.8) is 0 Å². The van der Waals surface area contributed by atoms with E-state index in [9.17, 15) is 9.00 Å². The van der Waals surface area contributed by atoms with Crippen LogP contribution in [0.1, 0.15) is 44.6 Å². The van der Waals surface area contributed by atoms with Crippen molar-refractivity contribution >= 4 is 28.1 Å². The molecular weight excluding hydrogens is 284 g/mol. The van der Waals surface area contributed by atoms with Crippen LogP contribution in [0.4, 0.5) is 11.4 Å². The number of rotatable bonds is 4. The molecule has 2 atom stereocenters. The van der Waals surface area contributed by atoms with E-state index < -0.39 is 16.0 Å². The summed E-state index contributed by atoms with van der Waals surface area (Å²) in [7, 11) is -1.11. The van der Waals surface area contributed by atoms with Gasteiger partial charge in [0.15, 0.2) is 0 Å². The van der Waals surface area contributed by atoms with Gasteiger partial charge in [0, 0.05) is 27.4 Å². The normalized spacial score (nSPS) is 19.0. The van der Waals surface area contributed by atoms with Crippen LogP contribution in [-0.4, -0.2) is 20.6 Å². The van der Waals surface area contributed by atoms with E-state index in [-0.39, 0.29) is 11.2 Å². The Labute approximate surface area is 129 Å². The Morgan fingerprint density at radius 2 is 2.00 bits per heavy atom. The zero-order valence-electron chi connectivity index (χ0n) is 12.7. The van der Waals surface area contributed by atoms with Gasteiger partial charge < -0.3 is 11.1 Å². The van der Waals surface area contributed by atoms with Crippen molar-refractivity contribution in [1.29, 1.82) is 0 Å². The van der Waals surface area contributed by atoms with Gasteiger partial charge in [-0.05, 0) is 44.4 Å². The van der Waals surface area contributed by atoms with Crippen molar-refractivity contribution < 1.29 is 9.00 Å². The summed E-state index contributed by atoms with van der Waals surface area (Å²) in [6.45, 7) is 3.67. The Morgan fingerprint density at radius 1 is 1.33 bits per heavy atom. The average molecular weight is 308 g/mol. The van der Waals surface area contributed by atoms with E-state index in [1.54, 1.807) is 19.1 Å². The van der Waals surface area contributed by atoms with E-state index >= 15 is 0 Å². The van der Waals surface area contributed by atoms with Gasteiger partial charge in [-0.25, -0.2) is 0 Å². The molecule has 1 aliphatic rings. The second-order valence-electron chi connectivity index (χ2n) is 5.79. The molecule has 1 amide bonds. The number of benzene rings is 1. The van der Waals surface area contributed by atoms with Crippen LogP contribution in [0, 0.1) is 6.92 Å². The molecule has 0 aromatic heterocycles. The van der Waals surface area contributed by atoms with Crippen LogP contribution < -0.4 is 11.1 Å². The molecule has 5 heteroatoms. The predicted molar refractivity (Wildman–Crippen MR) is 88.7 cm³/mol. The predicted octanol–water partition coefficient (Wildman–Crippen LogP) is 2.99. The van der Waals surface area contributed by atoms with Crippen molar-refractivity contribution in [3.05, 3.63) is 23.8 Å². The third-order valence-corrected chi connectivity index (χ3v) is 6.16. The minimum Gasteiger partial charge on any atom is -0.399 e. The molecule has 116 valence electrons. The molecule has 0 aliphatic heterocycles. The van der Waals surface area contributed by atoms with Crippen molar-refractivity contribution in [3.8, 4) is 0 Å². The number of anilines is 2. The van der Waals surface area contributed by atoms with E-state index in [1.807, 2.05) is 13.0 Å². The van der Waals surface area contributed by atoms with Crippen molar-refractivity contribution in [2.24, 2.45) is 0 Å². The highest BCUT2D eigenvalue weighted by atomic mass is 32.2. The van der Waals surface area contributed by atoms with E-state index in [0.717, 1.165) is 31.2 Å². The standard InChI is InChI=1S/C16H24N2O2S/c1-11-8-9-13(17)10-15(11)18-16(19)12(2)21(20)14-6-4-3-5-7-14/h8-10,12,14H,3-7,17H2,1-2H3,(H,18,19). The molecule has 1 saturated carbocycles. The van der Waals surface area contributed by atoms with Crippen molar-refractivity contribution in [2.75, 3.05) is 11.1 Å². The quantitative estimate of drug-likeness (QED) is 0.840. The molecule has 4 nitrogen and oxygen atoms in total. The van der Waals surface area contributed by atoms with Crippen LogP contribution in [0.5, 0.6) is 0 Å². The number of aryl methyl sites for hydroxylation is 1. The van der Waals surface area contributed by atoms with Gasteiger partial charge in [-0.1, -0.05) is 25.3 Å². The fraction of sp³-hybridized carbons (Fsp3) is 0.562. The van der Waals surface area contributed by atoms with Crippen LogP contribution in [0.3, 0.4) is 0 Å². The molecule has 0 spiro atoms. The molecule has 0 heterocycles. The van der Waals surface area contributed by atoms with E-state index in [1.165, 1.54) is 6.42 Å². The van der Waals surface area contributed by atoms with E-state index in [0.29, 0.717) is 11.4 Å². The lowest BCUT2D eigenvalue weighted by atomic mass is 10.0. The summed E-state index contributed by atoms with van der Waals surface area (Å²) >= 11 is 0. The first kappa shape index (κ1) is 16.0. The maximum Gasteiger partial charge on any atom is 0.239 e. The number of carbonyl (C=O) groups excluding carboxylic acids is 1. The number of nitrogens with two attached hydrogens (primary N) is 1. The maximum atomic E-state index is 12.5. The molecule has 0 radical (unpaired) electrons. The summed E-state index contributed by atoms with van der Waals surface area (Å²) < 4.78 is 12.5. The molecule has 0 bridgehead atoms. The first-order valence-corrected chi connectivity index (χ1v) is 8.83. The highest BCUT2D eigenvalue weighted by molar-refractivity contribution is 7.87. The zero-order chi connectivity index (χ0) is 15.4. The second kappa shape index (κ2) is 7.07. The highest BCUT2D eigenvalue weighted by Crippen LogP contribution is 2.25. The molecule has 1 fully saturated rings. The third-order valence-electron chi connectivity index (χ3n) is 4.12. The lowest BCUT2D eigenvalue weighted by molar-refractivity contribution is -0.115. The number of hydrogen-bond donors (Lipinski definition) is 2. The third kappa shape index (κ3) is 4.06. The molecule has 1 aliphatic carbocycles. The Balaban J connectivity index is 2.01. The first-order chi connectivity index (χ1) is 9.99. The maximum absolute atomic E-state index is 12.5. The fourth-order valence-corrected chi connectivity index (χ4v) is 4.35. The Hall–Kier alpha value is -1.36. The van der Waals surface area contributed by atoms with Gasteiger partial charge in [0.25, 0.3) is 0 Å². The number of carbonyl (C=O) groups is 1. The van der Waals surface area contributed by atoms with Crippen molar-refractivity contribution in [2.45, 2.75) is 56.5 Å². The summed E-state index contributed by atoms with van der Waals surface area (Å²) in [5.74, 6) is -0.187. The van der Waals surface area contributed by atoms with Gasteiger partial charge in [-0.15, -0.1) is 0 Å². The van der Waals surface area contributed by atoms with Crippen LogP contribution in [0.15, 0.2) is 18.2 Å². The van der Waals surface area contributed by atoms with Gasteiger partial charge in [0.1, 0.15) is 5.25 Å². The van der Waals surface area contributed by atoms with Crippen LogP contribution in [-0.2, 0) is 15.6 Å². The molecule has 1 aromatic rings. The molecule has 3 N–H and O–H groups in total. The summed E-state index contributed by atoms with van der Waals surface area (Å²) in [5.41, 5.74) is 8.01. The smallest absolute Gasteiger partial charge is 0.239 e. The molecule has 2 rings (SSSR count). The Bertz CT molecular complexity index is 539. The summed E-state index contributed by atoms with van der Waals surface area (Å²) in [4.78, 5) is 12.3. The number of hydrogen-bond acceptors (Lipinski definition) is 3. The number of nitrogen functional groups attached to an aromatic ring is 1. The summed E-state index contributed by atoms with van der Waals surface area (Å²) in [6.07, 6.45) is 5.41. The van der Waals surface area contributed by atoms with Crippen molar-refractivity contribution in [1.82, 2.24) is 0 Å². The SMILES string of the molecule is Cc1ccc(N)cc1NC(=O)C(C)S(=O)C1CCCCC1. The Kier molecular flexibility index (Phi) is 5.39. The van der Waals surface area contributed by atoms with Gasteiger partial charge in [-0.2, -0.15) is 0 Å². The lowest BCUT2D eigenvalue weighted by Gasteiger charge is -2.24. The fourth-order valence-electron chi connectivity index (χ4n) is 2.70. The largest absolute Gasteiger partial charge is 0.399 e. The molecular formula is C16H24N2O2S. The van der Waals surface area contributed by atoms with Crippen LogP contribution in [0.25, 0.3) is 0 Å². The number of amides is 1. The summed E-state index contributed by atoms with van der Waals surface area (Å²) in [6, 6.07) is 5.41. The minimum absolute atomic E-state index is 0.168. The lowest BCUT2D eigenvalue weighted by Crippen LogP contribution is -2.35. The molecule has 21 heavy (non-hydrogen) atoms. The zero-order valence-corrected chi connectivity index (χ0v) is 13.5. The second-order valence-corrected chi connectivity index (χ2v) is 7.83. The number of nitrogens with one attached hydrogen (secondary N) is 1. The topological polar surface area (TPSA) is 72.2 Å². The minimum atomic E-state index is -1.11. The highest BCUT2D eigenvalue weighted by Gasteiger charge is 2.28. The van der Waals surface area contributed by atoms with Gasteiger partial charge in [-0.3, -0.25) is 9.00 Å². The molecule has 0 saturated heterocycles. The van der Waals surface area contributed by atoms with Gasteiger partial charge in [0.2, 0.25) is 5.91 Å². The van der Waals surface area contributed by atoms with Crippen LogP contribution in [0.2, 0.25) is 0 Å². The van der Waals surface area contributed by atoms with Crippen LogP contribution >= 0.6 is 0 Å². The first-order valence-electron chi connectivity index (χ1n) is 7.55. The summed E-state index contributed by atoms with van der Waals surface area (Å²) in [5, 5.41) is 2.54. The van der Waals surface area contributed by atoms with E-state index in [4.69, 9.17) is 5.73 Å². The Morgan fingerprint density at radius 3 is 2.67 bits per heavy atom. The monoisotopic (exact) mass is 308 g/mol. The van der Waals surface area contributed by atoms with E-state index in [2.05, 4.69) is 5.32 Å². The average Bonchev–Trinajstić information content (AvgIpc) is 2.50.